The van der Waals surface area contributed by atoms with Gasteiger partial charge in [-0.1, -0.05) is 79.6 Å². The first-order chi connectivity index (χ1) is 15.9. The molecule has 7 heteroatoms. The Balaban J connectivity index is 1.48. The largest absolute Gasteiger partial charge is 0.454 e. The Morgan fingerprint density at radius 2 is 1.39 bits per heavy atom. The van der Waals surface area contributed by atoms with E-state index in [9.17, 15) is 18.0 Å². The lowest BCUT2D eigenvalue weighted by molar-refractivity contribution is -0.149. The number of amides is 1. The average molecular weight is 464 g/mol. The molecular formula is C26H25NO5S. The van der Waals surface area contributed by atoms with E-state index in [0.717, 1.165) is 11.1 Å². The zero-order valence-electron chi connectivity index (χ0n) is 18.1. The normalized spacial score (nSPS) is 15.0. The van der Waals surface area contributed by atoms with Crippen molar-refractivity contribution in [2.75, 3.05) is 11.9 Å². The van der Waals surface area contributed by atoms with Gasteiger partial charge in [0.2, 0.25) is 0 Å². The molecule has 0 atom stereocenters. The highest BCUT2D eigenvalue weighted by molar-refractivity contribution is 7.93. The van der Waals surface area contributed by atoms with Gasteiger partial charge in [0.05, 0.1) is 4.90 Å². The van der Waals surface area contributed by atoms with Gasteiger partial charge in [-0.25, -0.2) is 8.42 Å². The Hall–Kier alpha value is -3.45. The van der Waals surface area contributed by atoms with Gasteiger partial charge in [0.15, 0.2) is 21.2 Å². The molecular weight excluding hydrogens is 438 g/mol. The van der Waals surface area contributed by atoms with Crippen LogP contribution in [0.2, 0.25) is 0 Å². The maximum Gasteiger partial charge on any atom is 0.328 e. The maximum absolute atomic E-state index is 13.3. The number of benzene rings is 3. The summed E-state index contributed by atoms with van der Waals surface area (Å²) in [4.78, 5) is 25.7. The summed E-state index contributed by atoms with van der Waals surface area (Å²) in [6.45, 7) is -0.561. The molecule has 1 saturated carbocycles. The number of nitrogens with one attached hydrogen (secondary N) is 1. The minimum Gasteiger partial charge on any atom is -0.454 e. The summed E-state index contributed by atoms with van der Waals surface area (Å²) in [7, 11) is -3.96. The Kier molecular flexibility index (Phi) is 6.60. The van der Waals surface area contributed by atoms with Gasteiger partial charge in [-0.15, -0.1) is 0 Å². The van der Waals surface area contributed by atoms with Crippen molar-refractivity contribution in [3.05, 3.63) is 84.9 Å². The Labute approximate surface area is 193 Å². The molecule has 0 bridgehead atoms. The molecule has 0 unspecified atom stereocenters. The van der Waals surface area contributed by atoms with Gasteiger partial charge in [-0.3, -0.25) is 9.59 Å². The molecule has 0 aromatic heterocycles. The molecule has 0 spiro atoms. The van der Waals surface area contributed by atoms with Crippen LogP contribution < -0.4 is 5.32 Å². The zero-order valence-corrected chi connectivity index (χ0v) is 18.9. The van der Waals surface area contributed by atoms with Gasteiger partial charge in [-0.05, 0) is 36.6 Å². The molecule has 4 rings (SSSR count). The molecule has 6 nitrogen and oxygen atoms in total. The number of rotatable bonds is 7. The van der Waals surface area contributed by atoms with Crippen molar-refractivity contribution in [2.24, 2.45) is 0 Å². The minimum atomic E-state index is -3.96. The molecule has 3 aromatic rings. The lowest BCUT2D eigenvalue weighted by atomic mass is 10.0. The van der Waals surface area contributed by atoms with Crippen LogP contribution in [0.25, 0.3) is 11.1 Å². The lowest BCUT2D eigenvalue weighted by Gasteiger charge is -2.26. The minimum absolute atomic E-state index is 0.0880. The van der Waals surface area contributed by atoms with E-state index in [1.165, 1.54) is 12.1 Å². The van der Waals surface area contributed by atoms with E-state index in [-0.39, 0.29) is 17.7 Å². The van der Waals surface area contributed by atoms with Crippen LogP contribution in [0.15, 0.2) is 89.8 Å². The van der Waals surface area contributed by atoms with Crippen LogP contribution in [-0.4, -0.2) is 31.6 Å². The van der Waals surface area contributed by atoms with Gasteiger partial charge < -0.3 is 10.1 Å². The second kappa shape index (κ2) is 9.58. The van der Waals surface area contributed by atoms with E-state index in [1.807, 2.05) is 42.5 Å². The van der Waals surface area contributed by atoms with Crippen LogP contribution in [-0.2, 0) is 24.2 Å². The standard InChI is InChI=1S/C26H25NO5S/c28-24(27-23-16-8-7-15-22(23)20-11-3-1-4-12-20)19-32-25(29)26(17-9-10-18-26)33(30,31)21-13-5-2-6-14-21/h1-8,11-16H,9-10,17-19H2,(H,27,28). The first-order valence-electron chi connectivity index (χ1n) is 10.9. The fourth-order valence-electron chi connectivity index (χ4n) is 4.26. The molecule has 1 aliphatic carbocycles. The van der Waals surface area contributed by atoms with E-state index < -0.39 is 33.1 Å². The molecule has 0 radical (unpaired) electrons. The van der Waals surface area contributed by atoms with Crippen LogP contribution in [0.4, 0.5) is 5.69 Å². The number of anilines is 1. The number of para-hydroxylation sites is 1. The molecule has 0 aliphatic heterocycles. The molecule has 1 fully saturated rings. The number of carbonyl (C=O) groups is 2. The Morgan fingerprint density at radius 3 is 2.06 bits per heavy atom. The zero-order chi connectivity index (χ0) is 23.3. The summed E-state index contributed by atoms with van der Waals surface area (Å²) in [6.07, 6.45) is 1.58. The first kappa shape index (κ1) is 22.7. The van der Waals surface area contributed by atoms with Crippen LogP contribution >= 0.6 is 0 Å². The lowest BCUT2D eigenvalue weighted by Crippen LogP contribution is -2.46. The van der Waals surface area contributed by atoms with Crippen molar-refractivity contribution in [1.29, 1.82) is 0 Å². The number of esters is 1. The van der Waals surface area contributed by atoms with E-state index in [2.05, 4.69) is 5.32 Å². The fourth-order valence-corrected chi connectivity index (χ4v) is 6.34. The van der Waals surface area contributed by atoms with Crippen LogP contribution in [0.3, 0.4) is 0 Å². The van der Waals surface area contributed by atoms with Crippen molar-refractivity contribution in [3.63, 3.8) is 0 Å². The van der Waals surface area contributed by atoms with Crippen LogP contribution in [0.1, 0.15) is 25.7 Å². The smallest absolute Gasteiger partial charge is 0.328 e. The molecule has 33 heavy (non-hydrogen) atoms. The summed E-state index contributed by atoms with van der Waals surface area (Å²) >= 11 is 0. The average Bonchev–Trinajstić information content (AvgIpc) is 3.36. The van der Waals surface area contributed by atoms with E-state index in [0.29, 0.717) is 18.5 Å². The highest BCUT2D eigenvalue weighted by atomic mass is 32.2. The molecule has 3 aromatic carbocycles. The van der Waals surface area contributed by atoms with Gasteiger partial charge in [0.25, 0.3) is 5.91 Å². The molecule has 0 heterocycles. The second-order valence-electron chi connectivity index (χ2n) is 8.05. The SMILES string of the molecule is O=C(COC(=O)C1(S(=O)(=O)c2ccccc2)CCCC1)Nc1ccccc1-c1ccccc1. The summed E-state index contributed by atoms with van der Waals surface area (Å²) in [5, 5.41) is 2.77. The highest BCUT2D eigenvalue weighted by Gasteiger charge is 2.54. The van der Waals surface area contributed by atoms with Gasteiger partial charge in [0, 0.05) is 11.3 Å². The molecule has 170 valence electrons. The Morgan fingerprint density at radius 1 is 0.818 bits per heavy atom. The van der Waals surface area contributed by atoms with Crippen molar-refractivity contribution in [2.45, 2.75) is 35.3 Å². The van der Waals surface area contributed by atoms with E-state index >= 15 is 0 Å². The van der Waals surface area contributed by atoms with E-state index in [4.69, 9.17) is 4.74 Å². The van der Waals surface area contributed by atoms with Crippen molar-refractivity contribution < 1.29 is 22.7 Å². The number of sulfone groups is 1. The van der Waals surface area contributed by atoms with Crippen LogP contribution in [0, 0.1) is 0 Å². The summed E-state index contributed by atoms with van der Waals surface area (Å²) in [5.41, 5.74) is 2.35. The van der Waals surface area contributed by atoms with Gasteiger partial charge in [0.1, 0.15) is 0 Å². The van der Waals surface area contributed by atoms with Crippen LogP contribution in [0.5, 0.6) is 0 Å². The fraction of sp³-hybridized carbons (Fsp3) is 0.231. The van der Waals surface area contributed by atoms with Crippen molar-refractivity contribution in [3.8, 4) is 11.1 Å². The first-order valence-corrected chi connectivity index (χ1v) is 12.3. The summed E-state index contributed by atoms with van der Waals surface area (Å²) in [5.74, 6) is -1.40. The second-order valence-corrected chi connectivity index (χ2v) is 10.3. The molecule has 1 N–H and O–H groups in total. The van der Waals surface area contributed by atoms with Gasteiger partial charge >= 0.3 is 5.97 Å². The quantitative estimate of drug-likeness (QED) is 0.517. The number of carbonyl (C=O) groups excluding carboxylic acids is 2. The summed E-state index contributed by atoms with van der Waals surface area (Å²) < 4.78 is 30.3. The van der Waals surface area contributed by atoms with Crippen molar-refractivity contribution in [1.82, 2.24) is 0 Å². The summed E-state index contributed by atoms with van der Waals surface area (Å²) in [6, 6.07) is 24.8. The molecule has 0 saturated heterocycles. The predicted octanol–water partition coefficient (Wildman–Crippen LogP) is 4.62. The third-order valence-electron chi connectivity index (χ3n) is 5.97. The predicted molar refractivity (Wildman–Crippen MR) is 126 cm³/mol. The van der Waals surface area contributed by atoms with Gasteiger partial charge in [-0.2, -0.15) is 0 Å². The third kappa shape index (κ3) is 4.54. The van der Waals surface area contributed by atoms with E-state index in [1.54, 1.807) is 30.3 Å². The maximum atomic E-state index is 13.3. The topological polar surface area (TPSA) is 89.5 Å². The number of hydrogen-bond acceptors (Lipinski definition) is 5. The highest BCUT2D eigenvalue weighted by Crippen LogP contribution is 2.41. The monoisotopic (exact) mass is 463 g/mol. The number of hydrogen-bond donors (Lipinski definition) is 1. The van der Waals surface area contributed by atoms with Crippen molar-refractivity contribution >= 4 is 27.4 Å². The Bertz CT molecular complexity index is 1230. The molecule has 1 aliphatic rings. The molecule has 1 amide bonds. The third-order valence-corrected chi connectivity index (χ3v) is 8.47. The number of ether oxygens (including phenoxy) is 1.